The fourth-order valence-electron chi connectivity index (χ4n) is 6.80. The highest BCUT2D eigenvalue weighted by Gasteiger charge is 2.61. The van der Waals surface area contributed by atoms with Crippen LogP contribution in [0.4, 0.5) is 5.69 Å². The number of hydrogen-bond acceptors (Lipinski definition) is 3. The zero-order chi connectivity index (χ0) is 17.6. The van der Waals surface area contributed by atoms with Crippen LogP contribution in [0.3, 0.4) is 0 Å². The zero-order valence-electron chi connectivity index (χ0n) is 15.5. The lowest BCUT2D eigenvalue weighted by molar-refractivity contribution is -0.170. The van der Waals surface area contributed by atoms with Crippen LogP contribution in [-0.4, -0.2) is 22.5 Å². The average Bonchev–Trinajstić information content (AvgIpc) is 3.03. The summed E-state index contributed by atoms with van der Waals surface area (Å²) in [7, 11) is 0. The second kappa shape index (κ2) is 5.03. The third-order valence-corrected chi connectivity index (χ3v) is 8.58. The van der Waals surface area contributed by atoms with E-state index in [0.29, 0.717) is 11.9 Å². The molecule has 1 amide bonds. The summed E-state index contributed by atoms with van der Waals surface area (Å²) in [4.78, 5) is 13.2. The molecule has 4 saturated carbocycles. The maximum Gasteiger partial charge on any atom is 0.268 e. The maximum atomic E-state index is 13.2. The van der Waals surface area contributed by atoms with Crippen LogP contribution >= 0.6 is 11.3 Å². The van der Waals surface area contributed by atoms with Gasteiger partial charge >= 0.3 is 0 Å². The molecular formula is C22H26N2OS. The SMILES string of the molecule is CC1(C)C(=O)N(C2C3CC4CC(C3)CC2C4)N1c1csc2ccccc12. The van der Waals surface area contributed by atoms with Crippen molar-refractivity contribution in [3.05, 3.63) is 29.6 Å². The summed E-state index contributed by atoms with van der Waals surface area (Å²) in [5.74, 6) is 3.64. The van der Waals surface area contributed by atoms with Crippen LogP contribution in [0, 0.1) is 23.7 Å². The predicted molar refractivity (Wildman–Crippen MR) is 106 cm³/mol. The summed E-state index contributed by atoms with van der Waals surface area (Å²) in [6.07, 6.45) is 6.85. The molecule has 3 nitrogen and oxygen atoms in total. The monoisotopic (exact) mass is 366 g/mol. The van der Waals surface area contributed by atoms with Crippen LogP contribution in [0.1, 0.15) is 46.0 Å². The number of nitrogens with zero attached hydrogens (tertiary/aromatic N) is 2. The Hall–Kier alpha value is -1.55. The van der Waals surface area contributed by atoms with Gasteiger partial charge in [0.15, 0.2) is 0 Å². The number of hydrogen-bond donors (Lipinski definition) is 0. The molecule has 2 aromatic rings. The first-order chi connectivity index (χ1) is 12.5. The molecule has 26 heavy (non-hydrogen) atoms. The van der Waals surface area contributed by atoms with Gasteiger partial charge in [0.05, 0.1) is 11.7 Å². The second-order valence-electron chi connectivity index (χ2n) is 9.56. The van der Waals surface area contributed by atoms with Crippen molar-refractivity contribution in [2.45, 2.75) is 57.5 Å². The lowest BCUT2D eigenvalue weighted by atomic mass is 9.53. The molecule has 5 fully saturated rings. The Morgan fingerprint density at radius 2 is 1.65 bits per heavy atom. The van der Waals surface area contributed by atoms with Gasteiger partial charge < -0.3 is 0 Å². The van der Waals surface area contributed by atoms with Gasteiger partial charge in [-0.25, -0.2) is 5.01 Å². The Kier molecular flexibility index (Phi) is 3.00. The molecule has 0 radical (unpaired) electrons. The molecule has 1 aromatic heterocycles. The number of carbonyl (C=O) groups is 1. The van der Waals surface area contributed by atoms with Crippen molar-refractivity contribution < 1.29 is 4.79 Å². The first-order valence-corrected chi connectivity index (χ1v) is 11.0. The van der Waals surface area contributed by atoms with E-state index in [4.69, 9.17) is 0 Å². The molecule has 0 N–H and O–H groups in total. The number of benzene rings is 1. The Balaban J connectivity index is 1.43. The minimum atomic E-state index is -0.432. The van der Waals surface area contributed by atoms with Crippen molar-refractivity contribution in [2.75, 3.05) is 5.01 Å². The minimum absolute atomic E-state index is 0.324. The normalized spacial score (nSPS) is 37.5. The molecule has 4 bridgehead atoms. The highest BCUT2D eigenvalue weighted by molar-refractivity contribution is 7.17. The molecule has 0 atom stereocenters. The molecule has 1 aliphatic heterocycles. The second-order valence-corrected chi connectivity index (χ2v) is 10.5. The topological polar surface area (TPSA) is 23.6 Å². The maximum absolute atomic E-state index is 13.2. The standard InChI is InChI=1S/C22H26N2OS/c1-22(2)21(25)23(20-15-8-13-7-14(10-15)11-16(20)9-13)24(22)18-12-26-19-6-4-3-5-17(18)19/h3-6,12-16,20H,7-11H2,1-2H3. The summed E-state index contributed by atoms with van der Waals surface area (Å²) in [5.41, 5.74) is 0.794. The lowest BCUT2D eigenvalue weighted by Crippen LogP contribution is -2.80. The van der Waals surface area contributed by atoms with Crippen LogP contribution in [0.25, 0.3) is 10.1 Å². The van der Waals surface area contributed by atoms with Gasteiger partial charge in [-0.1, -0.05) is 18.2 Å². The first kappa shape index (κ1) is 15.5. The van der Waals surface area contributed by atoms with E-state index in [2.05, 4.69) is 53.5 Å². The molecule has 0 spiro atoms. The van der Waals surface area contributed by atoms with Crippen LogP contribution in [0.5, 0.6) is 0 Å². The van der Waals surface area contributed by atoms with E-state index < -0.39 is 5.54 Å². The average molecular weight is 367 g/mol. The van der Waals surface area contributed by atoms with E-state index in [9.17, 15) is 4.79 Å². The molecule has 4 aliphatic carbocycles. The van der Waals surface area contributed by atoms with Crippen molar-refractivity contribution in [1.82, 2.24) is 5.01 Å². The summed E-state index contributed by atoms with van der Waals surface area (Å²) < 4.78 is 1.31. The van der Waals surface area contributed by atoms with E-state index >= 15 is 0 Å². The Morgan fingerprint density at radius 3 is 2.35 bits per heavy atom. The van der Waals surface area contributed by atoms with Gasteiger partial charge in [0.1, 0.15) is 5.54 Å². The molecule has 1 saturated heterocycles. The fourth-order valence-corrected chi connectivity index (χ4v) is 7.72. The number of rotatable bonds is 2. The highest BCUT2D eigenvalue weighted by Crippen LogP contribution is 2.57. The number of thiophene rings is 1. The van der Waals surface area contributed by atoms with Gasteiger partial charge in [0.2, 0.25) is 0 Å². The summed E-state index contributed by atoms with van der Waals surface area (Å²) in [6, 6.07) is 9.03. The summed E-state index contributed by atoms with van der Waals surface area (Å²) >= 11 is 1.79. The van der Waals surface area contributed by atoms with Crippen molar-refractivity contribution >= 4 is 33.0 Å². The number of amides is 1. The van der Waals surface area contributed by atoms with Crippen LogP contribution in [0.15, 0.2) is 29.6 Å². The van der Waals surface area contributed by atoms with E-state index in [1.807, 2.05) is 0 Å². The molecule has 0 unspecified atom stereocenters. The van der Waals surface area contributed by atoms with E-state index in [-0.39, 0.29) is 0 Å². The van der Waals surface area contributed by atoms with E-state index in [1.165, 1.54) is 47.9 Å². The largest absolute Gasteiger partial charge is 0.270 e. The quantitative estimate of drug-likeness (QED) is 0.741. The summed E-state index contributed by atoms with van der Waals surface area (Å²) in [6.45, 7) is 4.18. The van der Waals surface area contributed by atoms with Crippen molar-refractivity contribution in [3.63, 3.8) is 0 Å². The molecule has 2 heterocycles. The molecule has 136 valence electrons. The predicted octanol–water partition coefficient (Wildman–Crippen LogP) is 5.07. The molecule has 7 rings (SSSR count). The van der Waals surface area contributed by atoms with Crippen molar-refractivity contribution in [3.8, 4) is 0 Å². The summed E-state index contributed by atoms with van der Waals surface area (Å²) in [5, 5.41) is 8.08. The minimum Gasteiger partial charge on any atom is -0.270 e. The van der Waals surface area contributed by atoms with E-state index in [1.54, 1.807) is 11.3 Å². The van der Waals surface area contributed by atoms with Crippen LogP contribution in [0.2, 0.25) is 0 Å². The van der Waals surface area contributed by atoms with Crippen molar-refractivity contribution in [1.29, 1.82) is 0 Å². The van der Waals surface area contributed by atoms with Gasteiger partial charge in [0, 0.05) is 15.5 Å². The highest BCUT2D eigenvalue weighted by atomic mass is 32.1. The smallest absolute Gasteiger partial charge is 0.268 e. The number of fused-ring (bicyclic) bond motifs is 1. The zero-order valence-corrected chi connectivity index (χ0v) is 16.3. The molecule has 5 aliphatic rings. The molecule has 1 aromatic carbocycles. The van der Waals surface area contributed by atoms with Gasteiger partial charge in [-0.05, 0) is 75.7 Å². The van der Waals surface area contributed by atoms with Gasteiger partial charge in [-0.3, -0.25) is 9.80 Å². The van der Waals surface area contributed by atoms with Crippen LogP contribution in [-0.2, 0) is 4.79 Å². The molecule has 4 heteroatoms. The Labute approximate surface area is 158 Å². The number of anilines is 1. The van der Waals surface area contributed by atoms with Gasteiger partial charge in [0.25, 0.3) is 5.91 Å². The van der Waals surface area contributed by atoms with Crippen molar-refractivity contribution in [2.24, 2.45) is 23.7 Å². The Bertz CT molecular complexity index is 872. The number of hydrazine groups is 1. The Morgan fingerprint density at radius 1 is 1.00 bits per heavy atom. The third-order valence-electron chi connectivity index (χ3n) is 7.62. The molecular weight excluding hydrogens is 340 g/mol. The van der Waals surface area contributed by atoms with Gasteiger partial charge in [-0.2, -0.15) is 0 Å². The lowest BCUT2D eigenvalue weighted by Gasteiger charge is -2.65. The third kappa shape index (κ3) is 1.86. The first-order valence-electron chi connectivity index (χ1n) is 10.1. The fraction of sp³-hybridized carbons (Fsp3) is 0.591. The van der Waals surface area contributed by atoms with E-state index in [0.717, 1.165) is 23.7 Å². The van der Waals surface area contributed by atoms with Gasteiger partial charge in [-0.15, -0.1) is 11.3 Å². The number of carbonyl (C=O) groups excluding carboxylic acids is 1. The van der Waals surface area contributed by atoms with Crippen LogP contribution < -0.4 is 5.01 Å².